The Bertz CT molecular complexity index is 571. The molecule has 30 heavy (non-hydrogen) atoms. The minimum Gasteiger partial charge on any atom is -0.373 e. The first kappa shape index (κ1) is 26.8. The highest BCUT2D eigenvalue weighted by Crippen LogP contribution is 2.50. The maximum absolute atomic E-state index is 14.1. The molecule has 0 N–H and O–H groups in total. The van der Waals surface area contributed by atoms with Crippen LogP contribution in [-0.2, 0) is 0 Å². The van der Waals surface area contributed by atoms with Gasteiger partial charge in [-0.15, -0.1) is 0 Å². The average molecular weight is 444 g/mol. The van der Waals surface area contributed by atoms with E-state index in [0.717, 1.165) is 0 Å². The second kappa shape index (κ2) is 12.0. The monoisotopic (exact) mass is 443 g/mol. The van der Waals surface area contributed by atoms with E-state index in [1.54, 1.807) is 0 Å². The molecule has 8 heteroatoms. The molecule has 0 radical (unpaired) electrons. The molecule has 0 fully saturated rings. The third-order valence-corrected chi connectivity index (χ3v) is 5.48. The van der Waals surface area contributed by atoms with Crippen molar-refractivity contribution in [3.63, 3.8) is 0 Å². The van der Waals surface area contributed by atoms with Crippen molar-refractivity contribution >= 4 is 5.71 Å². The summed E-state index contributed by atoms with van der Waals surface area (Å²) in [6, 6.07) is 0. The molecule has 0 aromatic rings. The molecule has 0 heterocycles. The Morgan fingerprint density at radius 3 is 1.50 bits per heavy atom. The van der Waals surface area contributed by atoms with E-state index >= 15 is 0 Å². The van der Waals surface area contributed by atoms with Gasteiger partial charge in [0.15, 0.2) is 5.92 Å². The van der Waals surface area contributed by atoms with Crippen molar-refractivity contribution in [2.75, 3.05) is 26.2 Å². The number of alkyl halides is 6. The zero-order valence-electron chi connectivity index (χ0n) is 18.7. The van der Waals surface area contributed by atoms with Gasteiger partial charge in [-0.1, -0.05) is 53.4 Å². The topological polar surface area (TPSA) is 6.25 Å². The molecular weight excluding hydrogens is 406 g/mol. The van der Waals surface area contributed by atoms with Crippen molar-refractivity contribution in [2.24, 2.45) is 5.92 Å². The van der Waals surface area contributed by atoms with Crippen LogP contribution < -0.4 is 0 Å². The molecule has 0 spiro atoms. The van der Waals surface area contributed by atoms with Crippen molar-refractivity contribution in [1.82, 2.24) is 4.90 Å². The third kappa shape index (κ3) is 6.91. The maximum Gasteiger partial charge on any atom is 0.424 e. The lowest BCUT2D eigenvalue weighted by atomic mass is 9.76. The highest BCUT2D eigenvalue weighted by Gasteiger charge is 2.65. The zero-order valence-corrected chi connectivity index (χ0v) is 18.7. The van der Waals surface area contributed by atoms with E-state index < -0.39 is 35.3 Å². The SMILES string of the molecule is CCCCN(CCCC)C1=C(C(F)(F)F)C(=[N+](CCCC)CCCC)C1C(F)(F)F. The average Bonchev–Trinajstić information content (AvgIpc) is 2.61. The fourth-order valence-corrected chi connectivity index (χ4v) is 3.85. The molecule has 1 aliphatic carbocycles. The summed E-state index contributed by atoms with van der Waals surface area (Å²) in [6.45, 7) is 8.40. The Morgan fingerprint density at radius 2 is 1.17 bits per heavy atom. The van der Waals surface area contributed by atoms with Crippen LogP contribution in [0.15, 0.2) is 11.3 Å². The molecule has 2 nitrogen and oxygen atoms in total. The molecule has 0 amide bonds. The normalized spacial score (nSPS) is 17.4. The van der Waals surface area contributed by atoms with Crippen LogP contribution in [0.25, 0.3) is 0 Å². The molecule has 0 saturated carbocycles. The van der Waals surface area contributed by atoms with Crippen molar-refractivity contribution in [3.8, 4) is 0 Å². The lowest BCUT2D eigenvalue weighted by Crippen LogP contribution is -2.55. The van der Waals surface area contributed by atoms with E-state index in [1.807, 2.05) is 27.7 Å². The minimum atomic E-state index is -4.81. The summed E-state index contributed by atoms with van der Waals surface area (Å²) in [5, 5.41) is 0. The highest BCUT2D eigenvalue weighted by atomic mass is 19.4. The molecule has 1 rings (SSSR count). The smallest absolute Gasteiger partial charge is 0.373 e. The fraction of sp³-hybridized carbons (Fsp3) is 0.864. The number of nitrogens with zero attached hydrogens (tertiary/aromatic N) is 2. The van der Waals surface area contributed by atoms with Gasteiger partial charge < -0.3 is 4.90 Å². The highest BCUT2D eigenvalue weighted by molar-refractivity contribution is 6.09. The van der Waals surface area contributed by atoms with Gasteiger partial charge in [0.2, 0.25) is 5.71 Å². The molecule has 1 aliphatic rings. The van der Waals surface area contributed by atoms with Crippen LogP contribution in [0.3, 0.4) is 0 Å². The van der Waals surface area contributed by atoms with Crippen molar-refractivity contribution < 1.29 is 30.9 Å². The second-order valence-corrected chi connectivity index (χ2v) is 8.01. The van der Waals surface area contributed by atoms with E-state index in [9.17, 15) is 26.3 Å². The van der Waals surface area contributed by atoms with Gasteiger partial charge in [0.25, 0.3) is 0 Å². The first-order valence-electron chi connectivity index (χ1n) is 11.3. The van der Waals surface area contributed by atoms with Gasteiger partial charge in [-0.25, -0.2) is 4.58 Å². The molecular formula is C22H37F6N2+. The Kier molecular flexibility index (Phi) is 10.7. The molecule has 176 valence electrons. The lowest BCUT2D eigenvalue weighted by molar-refractivity contribution is -0.533. The zero-order chi connectivity index (χ0) is 22.9. The third-order valence-electron chi connectivity index (χ3n) is 5.48. The Labute approximate surface area is 177 Å². The first-order valence-corrected chi connectivity index (χ1v) is 11.3. The van der Waals surface area contributed by atoms with Crippen LogP contribution >= 0.6 is 0 Å². The summed E-state index contributed by atoms with van der Waals surface area (Å²) >= 11 is 0. The molecule has 0 aromatic carbocycles. The number of unbranched alkanes of at least 4 members (excludes halogenated alkanes) is 4. The quantitative estimate of drug-likeness (QED) is 0.220. The van der Waals surface area contributed by atoms with Gasteiger partial charge in [0.05, 0.1) is 5.70 Å². The number of rotatable bonds is 13. The van der Waals surface area contributed by atoms with Crippen LogP contribution in [0, 0.1) is 5.92 Å². The standard InChI is InChI=1S/C22H37F6N2/c1-5-9-13-29(14-10-6-2)19-17(21(23,24)25)20(18(19)22(26,27)28)30(15-11-7-3)16-12-8-4/h17H,5-16H2,1-4H3/q+1. The summed E-state index contributed by atoms with van der Waals surface area (Å²) in [6.07, 6.45) is -4.45. The van der Waals surface area contributed by atoms with Crippen LogP contribution in [0.4, 0.5) is 26.3 Å². The summed E-state index contributed by atoms with van der Waals surface area (Å²) < 4.78 is 85.9. The predicted molar refractivity (Wildman–Crippen MR) is 109 cm³/mol. The van der Waals surface area contributed by atoms with Crippen molar-refractivity contribution in [1.29, 1.82) is 0 Å². The summed E-state index contributed by atoms with van der Waals surface area (Å²) in [5.41, 5.74) is -2.18. The Balaban J connectivity index is 3.66. The molecule has 1 atom stereocenters. The van der Waals surface area contributed by atoms with E-state index in [1.165, 1.54) is 9.48 Å². The minimum absolute atomic E-state index is 0.217. The van der Waals surface area contributed by atoms with Gasteiger partial charge >= 0.3 is 12.4 Å². The van der Waals surface area contributed by atoms with Gasteiger partial charge in [0, 0.05) is 25.9 Å². The predicted octanol–water partition coefficient (Wildman–Crippen LogP) is 6.95. The van der Waals surface area contributed by atoms with E-state index in [2.05, 4.69) is 0 Å². The van der Waals surface area contributed by atoms with Crippen LogP contribution in [0.5, 0.6) is 0 Å². The fourth-order valence-electron chi connectivity index (χ4n) is 3.85. The Hall–Kier alpha value is -1.21. The summed E-state index contributed by atoms with van der Waals surface area (Å²) in [4.78, 5) is 1.36. The van der Waals surface area contributed by atoms with Crippen LogP contribution in [0.1, 0.15) is 79.1 Å². The number of allylic oxidation sites excluding steroid dienone is 2. The number of hydrogen-bond acceptors (Lipinski definition) is 1. The molecule has 0 saturated heterocycles. The van der Waals surface area contributed by atoms with Gasteiger partial charge in [-0.2, -0.15) is 26.3 Å². The van der Waals surface area contributed by atoms with Gasteiger partial charge in [-0.3, -0.25) is 0 Å². The van der Waals surface area contributed by atoms with E-state index in [0.29, 0.717) is 51.4 Å². The maximum atomic E-state index is 14.1. The first-order chi connectivity index (χ1) is 14.0. The molecule has 0 aromatic heterocycles. The van der Waals surface area contributed by atoms with Crippen molar-refractivity contribution in [3.05, 3.63) is 11.3 Å². The largest absolute Gasteiger partial charge is 0.424 e. The molecule has 1 unspecified atom stereocenters. The summed E-state index contributed by atoms with van der Waals surface area (Å²) in [5.74, 6) is -2.16. The number of halogens is 6. The molecule has 0 bridgehead atoms. The Morgan fingerprint density at radius 1 is 0.733 bits per heavy atom. The van der Waals surface area contributed by atoms with E-state index in [4.69, 9.17) is 0 Å². The van der Waals surface area contributed by atoms with Crippen LogP contribution in [0.2, 0.25) is 0 Å². The second-order valence-electron chi connectivity index (χ2n) is 8.01. The van der Waals surface area contributed by atoms with E-state index in [-0.39, 0.29) is 26.2 Å². The molecule has 0 aliphatic heterocycles. The summed E-state index contributed by atoms with van der Waals surface area (Å²) in [7, 11) is 0. The van der Waals surface area contributed by atoms with Crippen LogP contribution in [-0.4, -0.2) is 53.7 Å². The van der Waals surface area contributed by atoms with Gasteiger partial charge in [-0.05, 0) is 12.8 Å². The number of hydrogen-bond donors (Lipinski definition) is 0. The van der Waals surface area contributed by atoms with Crippen molar-refractivity contribution in [2.45, 2.75) is 91.4 Å². The lowest BCUT2D eigenvalue weighted by Gasteiger charge is -2.42. The van der Waals surface area contributed by atoms with Gasteiger partial charge in [0.1, 0.15) is 18.7 Å².